The maximum Gasteiger partial charge on any atom is 0.446 e. The quantitative estimate of drug-likeness (QED) is 0.790. The minimum atomic E-state index is -4.38. The molecule has 1 aliphatic rings. The third-order valence-corrected chi connectivity index (χ3v) is 5.23. The molecule has 2 amide bonds. The second kappa shape index (κ2) is 7.26. The summed E-state index contributed by atoms with van der Waals surface area (Å²) in [4.78, 5) is 26.4. The van der Waals surface area contributed by atoms with E-state index >= 15 is 0 Å². The summed E-state index contributed by atoms with van der Waals surface area (Å²) in [7, 11) is 0. The van der Waals surface area contributed by atoms with Gasteiger partial charge in [-0.05, 0) is 61.0 Å². The first-order valence-corrected chi connectivity index (χ1v) is 9.06. The Kier molecular flexibility index (Phi) is 5.19. The Hall–Kier alpha value is -2.48. The first-order chi connectivity index (χ1) is 12.7. The van der Waals surface area contributed by atoms with E-state index in [2.05, 4.69) is 0 Å². The maximum atomic E-state index is 13.0. The topological polar surface area (TPSA) is 63.4 Å². The lowest BCUT2D eigenvalue weighted by atomic mass is 9.85. The Labute approximate surface area is 158 Å². The Balaban J connectivity index is 1.92. The zero-order valence-electron chi connectivity index (χ0n) is 14.4. The molecule has 0 radical (unpaired) electrons. The highest BCUT2D eigenvalue weighted by molar-refractivity contribution is 8.00. The molecule has 1 aliphatic heterocycles. The maximum absolute atomic E-state index is 13.0. The summed E-state index contributed by atoms with van der Waals surface area (Å²) in [6, 6.07) is 12.1. The number of benzene rings is 2. The molecule has 0 fully saturated rings. The van der Waals surface area contributed by atoms with Crippen LogP contribution in [0.1, 0.15) is 35.2 Å². The Bertz CT molecular complexity index is 868. The van der Waals surface area contributed by atoms with Crippen molar-refractivity contribution in [2.75, 3.05) is 4.90 Å². The highest BCUT2D eigenvalue weighted by Crippen LogP contribution is 2.40. The first kappa shape index (κ1) is 19.3. The second-order valence-corrected chi connectivity index (χ2v) is 7.48. The number of rotatable bonds is 3. The second-order valence-electron chi connectivity index (χ2n) is 6.35. The van der Waals surface area contributed by atoms with E-state index in [4.69, 9.17) is 5.73 Å². The Morgan fingerprint density at radius 2 is 1.74 bits per heavy atom. The molecule has 27 heavy (non-hydrogen) atoms. The monoisotopic (exact) mass is 394 g/mol. The summed E-state index contributed by atoms with van der Waals surface area (Å²) >= 11 is -0.227. The van der Waals surface area contributed by atoms with Gasteiger partial charge >= 0.3 is 5.51 Å². The third-order valence-electron chi connectivity index (χ3n) is 4.49. The molecule has 0 bridgehead atoms. The molecule has 2 aromatic rings. The molecule has 4 nitrogen and oxygen atoms in total. The zero-order chi connectivity index (χ0) is 19.8. The van der Waals surface area contributed by atoms with Gasteiger partial charge in [0.15, 0.2) is 0 Å². The van der Waals surface area contributed by atoms with Crippen molar-refractivity contribution in [3.8, 4) is 0 Å². The normalized spacial score (nSPS) is 19.5. The van der Waals surface area contributed by atoms with Gasteiger partial charge in [-0.25, -0.2) is 0 Å². The minimum absolute atomic E-state index is 0.0138. The number of hydrogen-bond acceptors (Lipinski definition) is 3. The van der Waals surface area contributed by atoms with Gasteiger partial charge in [-0.1, -0.05) is 18.2 Å². The van der Waals surface area contributed by atoms with Crippen molar-refractivity contribution < 1.29 is 22.8 Å². The van der Waals surface area contributed by atoms with E-state index in [0.717, 1.165) is 0 Å². The molecule has 2 N–H and O–H groups in total. The van der Waals surface area contributed by atoms with Gasteiger partial charge in [-0.3, -0.25) is 9.59 Å². The van der Waals surface area contributed by atoms with E-state index in [9.17, 15) is 22.8 Å². The van der Waals surface area contributed by atoms with Gasteiger partial charge in [-0.2, -0.15) is 13.2 Å². The van der Waals surface area contributed by atoms with Crippen LogP contribution in [0, 0.1) is 0 Å². The van der Waals surface area contributed by atoms with Crippen molar-refractivity contribution in [1.82, 2.24) is 0 Å². The lowest BCUT2D eigenvalue weighted by molar-refractivity contribution is -0.119. The average molecular weight is 394 g/mol. The van der Waals surface area contributed by atoms with Crippen LogP contribution in [-0.4, -0.2) is 23.4 Å². The molecule has 0 aliphatic carbocycles. The van der Waals surface area contributed by atoms with Crippen LogP contribution in [0.2, 0.25) is 0 Å². The summed E-state index contributed by atoms with van der Waals surface area (Å²) in [5.41, 5.74) is 2.68. The van der Waals surface area contributed by atoms with Crippen molar-refractivity contribution in [2.24, 2.45) is 5.73 Å². The van der Waals surface area contributed by atoms with Crippen LogP contribution < -0.4 is 10.6 Å². The fourth-order valence-corrected chi connectivity index (χ4v) is 3.87. The number of carbonyl (C=O) groups excluding carboxylic acids is 2. The predicted octanol–water partition coefficient (Wildman–Crippen LogP) is 4.31. The first-order valence-electron chi connectivity index (χ1n) is 8.25. The molecular formula is C19H17F3N2O2S. The van der Waals surface area contributed by atoms with Gasteiger partial charge < -0.3 is 10.6 Å². The highest BCUT2D eigenvalue weighted by atomic mass is 32.2. The molecule has 8 heteroatoms. The zero-order valence-corrected chi connectivity index (χ0v) is 15.2. The molecule has 2 aromatic carbocycles. The number of hydrogen-bond donors (Lipinski definition) is 1. The van der Waals surface area contributed by atoms with Crippen LogP contribution in [0.25, 0.3) is 0 Å². The fraction of sp³-hybridized carbons (Fsp3) is 0.263. The van der Waals surface area contributed by atoms with E-state index in [0.29, 0.717) is 17.7 Å². The lowest BCUT2D eigenvalue weighted by Gasteiger charge is -2.38. The van der Waals surface area contributed by atoms with Gasteiger partial charge in [-0.15, -0.1) is 0 Å². The van der Waals surface area contributed by atoms with Gasteiger partial charge in [0.25, 0.3) is 5.91 Å². The summed E-state index contributed by atoms with van der Waals surface area (Å²) < 4.78 is 37.4. The van der Waals surface area contributed by atoms with E-state index < -0.39 is 17.3 Å². The van der Waals surface area contributed by atoms with Gasteiger partial charge in [0.1, 0.15) is 0 Å². The molecule has 1 heterocycles. The Morgan fingerprint density at radius 1 is 1.11 bits per heavy atom. The number of thioether (sulfide) groups is 1. The fourth-order valence-electron chi connectivity index (χ4n) is 3.33. The van der Waals surface area contributed by atoms with Gasteiger partial charge in [0, 0.05) is 22.2 Å². The van der Waals surface area contributed by atoms with Crippen molar-refractivity contribution in [1.29, 1.82) is 0 Å². The number of nitrogens with zero attached hydrogens (tertiary/aromatic N) is 1. The number of para-hydroxylation sites is 1. The van der Waals surface area contributed by atoms with Crippen LogP contribution in [0.15, 0.2) is 53.4 Å². The summed E-state index contributed by atoms with van der Waals surface area (Å²) in [5, 5.41) is 0. The summed E-state index contributed by atoms with van der Waals surface area (Å²) in [6.45, 7) is 1.82. The SMILES string of the molecule is C[C@@H]1C[C@H](C(N)=O)c2ccccc2N1C(=O)c1ccc(SC(F)(F)F)cc1. The minimum Gasteiger partial charge on any atom is -0.369 e. The number of carbonyl (C=O) groups is 2. The van der Waals surface area contributed by atoms with Crippen LogP contribution in [0.5, 0.6) is 0 Å². The summed E-state index contributed by atoms with van der Waals surface area (Å²) in [5.74, 6) is -1.26. The molecular weight excluding hydrogens is 377 g/mol. The van der Waals surface area contributed by atoms with E-state index in [1.165, 1.54) is 24.3 Å². The number of fused-ring (bicyclic) bond motifs is 1. The van der Waals surface area contributed by atoms with Crippen molar-refractivity contribution in [3.63, 3.8) is 0 Å². The number of amides is 2. The number of halogens is 3. The summed E-state index contributed by atoms with van der Waals surface area (Å²) in [6.07, 6.45) is 0.389. The molecule has 0 saturated heterocycles. The van der Waals surface area contributed by atoms with Crippen molar-refractivity contribution in [3.05, 3.63) is 59.7 Å². The number of primary amides is 1. The predicted molar refractivity (Wildman–Crippen MR) is 97.6 cm³/mol. The number of anilines is 1. The van der Waals surface area contributed by atoms with Crippen LogP contribution in [0.3, 0.4) is 0 Å². The molecule has 0 aromatic heterocycles. The van der Waals surface area contributed by atoms with Crippen LogP contribution >= 0.6 is 11.8 Å². The number of nitrogens with two attached hydrogens (primary N) is 1. The smallest absolute Gasteiger partial charge is 0.369 e. The third kappa shape index (κ3) is 4.10. The number of alkyl halides is 3. The standard InChI is InChI=1S/C19H17F3N2O2S/c1-11-10-15(17(23)25)14-4-2-3-5-16(14)24(11)18(26)12-6-8-13(9-7-12)27-19(20,21)22/h2-9,11,15H,10H2,1H3,(H2,23,25)/t11-,15+/m1/s1. The van der Waals surface area contributed by atoms with Crippen LogP contribution in [-0.2, 0) is 4.79 Å². The van der Waals surface area contributed by atoms with Crippen LogP contribution in [0.4, 0.5) is 18.9 Å². The molecule has 0 spiro atoms. The van der Waals surface area contributed by atoms with E-state index in [-0.39, 0.29) is 34.2 Å². The van der Waals surface area contributed by atoms with Crippen molar-refractivity contribution >= 4 is 29.3 Å². The largest absolute Gasteiger partial charge is 0.446 e. The lowest BCUT2D eigenvalue weighted by Crippen LogP contribution is -2.45. The van der Waals surface area contributed by atoms with E-state index in [1.54, 1.807) is 29.2 Å². The van der Waals surface area contributed by atoms with E-state index in [1.807, 2.05) is 6.92 Å². The average Bonchev–Trinajstić information content (AvgIpc) is 2.59. The Morgan fingerprint density at radius 3 is 2.33 bits per heavy atom. The van der Waals surface area contributed by atoms with Gasteiger partial charge in [0.05, 0.1) is 5.92 Å². The molecule has 0 unspecified atom stereocenters. The highest BCUT2D eigenvalue weighted by Gasteiger charge is 2.36. The van der Waals surface area contributed by atoms with Gasteiger partial charge in [0.2, 0.25) is 5.91 Å². The molecule has 3 rings (SSSR count). The molecule has 2 atom stereocenters. The molecule has 0 saturated carbocycles. The molecule has 142 valence electrons. The van der Waals surface area contributed by atoms with Crippen molar-refractivity contribution in [2.45, 2.75) is 35.7 Å².